The first-order valence-electron chi connectivity index (χ1n) is 7.41. The number of fused-ring (bicyclic) bond motifs is 1. The highest BCUT2D eigenvalue weighted by Crippen LogP contribution is 2.34. The van der Waals surface area contributed by atoms with Crippen LogP contribution in [0, 0.1) is 0 Å². The van der Waals surface area contributed by atoms with Crippen molar-refractivity contribution in [1.82, 2.24) is 20.2 Å². The lowest BCUT2D eigenvalue weighted by atomic mass is 10.2. The van der Waals surface area contributed by atoms with Gasteiger partial charge in [-0.2, -0.15) is 4.80 Å². The quantitative estimate of drug-likeness (QED) is 0.770. The van der Waals surface area contributed by atoms with E-state index >= 15 is 0 Å². The minimum Gasteiger partial charge on any atom is -0.454 e. The number of rotatable bonds is 4. The minimum absolute atomic E-state index is 0.0605. The van der Waals surface area contributed by atoms with Crippen LogP contribution in [0.15, 0.2) is 42.5 Å². The van der Waals surface area contributed by atoms with Gasteiger partial charge in [0.25, 0.3) is 0 Å². The van der Waals surface area contributed by atoms with Gasteiger partial charge < -0.3 is 14.8 Å². The van der Waals surface area contributed by atoms with Crippen LogP contribution in [0.5, 0.6) is 11.5 Å². The molecule has 0 atom stereocenters. The van der Waals surface area contributed by atoms with E-state index in [1.165, 1.54) is 4.80 Å². The van der Waals surface area contributed by atoms with Crippen molar-refractivity contribution in [1.29, 1.82) is 0 Å². The summed E-state index contributed by atoms with van der Waals surface area (Å²) < 4.78 is 10.5. The van der Waals surface area contributed by atoms with Gasteiger partial charge in [0.15, 0.2) is 11.5 Å². The molecule has 1 amide bonds. The maximum atomic E-state index is 12.1. The number of benzene rings is 2. The summed E-state index contributed by atoms with van der Waals surface area (Å²) in [5.41, 5.74) is 1.37. The van der Waals surface area contributed by atoms with Gasteiger partial charge in [-0.15, -0.1) is 10.2 Å². The zero-order chi connectivity index (χ0) is 17.2. The summed E-state index contributed by atoms with van der Waals surface area (Å²) in [5.74, 6) is 1.40. The second kappa shape index (κ2) is 6.40. The molecule has 1 aliphatic heterocycles. The van der Waals surface area contributed by atoms with Crippen molar-refractivity contribution < 1.29 is 14.3 Å². The first kappa shape index (κ1) is 15.4. The van der Waals surface area contributed by atoms with E-state index in [2.05, 4.69) is 20.7 Å². The Morgan fingerprint density at radius 2 is 1.96 bits per heavy atom. The van der Waals surface area contributed by atoms with Crippen LogP contribution in [-0.2, 0) is 11.3 Å². The lowest BCUT2D eigenvalue weighted by Crippen LogP contribution is -2.20. The highest BCUT2D eigenvalue weighted by Gasteiger charge is 2.15. The topological polar surface area (TPSA) is 91.2 Å². The number of halogens is 1. The van der Waals surface area contributed by atoms with E-state index in [-0.39, 0.29) is 19.2 Å². The molecule has 0 fully saturated rings. The van der Waals surface area contributed by atoms with Gasteiger partial charge in [0.2, 0.25) is 18.5 Å². The molecule has 0 saturated carbocycles. The van der Waals surface area contributed by atoms with Crippen molar-refractivity contribution in [3.63, 3.8) is 0 Å². The highest BCUT2D eigenvalue weighted by atomic mass is 35.5. The predicted octanol–water partition coefficient (Wildman–Crippen LogP) is 2.36. The molecule has 2 aromatic carbocycles. The number of ether oxygens (including phenoxy) is 2. The molecule has 0 saturated heterocycles. The number of anilines is 1. The molecule has 9 heteroatoms. The minimum atomic E-state index is -0.279. The van der Waals surface area contributed by atoms with Crippen molar-refractivity contribution >= 4 is 23.2 Å². The maximum Gasteiger partial charge on any atom is 0.248 e. The van der Waals surface area contributed by atoms with E-state index in [4.69, 9.17) is 21.1 Å². The molecule has 3 aromatic rings. The van der Waals surface area contributed by atoms with Crippen LogP contribution in [0.2, 0.25) is 5.02 Å². The predicted molar refractivity (Wildman–Crippen MR) is 89.5 cm³/mol. The van der Waals surface area contributed by atoms with Crippen LogP contribution in [0.4, 0.5) is 5.69 Å². The molecular weight excluding hydrogens is 346 g/mol. The van der Waals surface area contributed by atoms with Crippen molar-refractivity contribution in [2.45, 2.75) is 6.54 Å². The van der Waals surface area contributed by atoms with Gasteiger partial charge in [0.1, 0.15) is 6.54 Å². The molecule has 1 aromatic heterocycles. The lowest BCUT2D eigenvalue weighted by molar-refractivity contribution is -0.117. The van der Waals surface area contributed by atoms with Crippen LogP contribution in [0.25, 0.3) is 11.4 Å². The molecule has 0 spiro atoms. The second-order valence-corrected chi connectivity index (χ2v) is 5.70. The largest absolute Gasteiger partial charge is 0.454 e. The summed E-state index contributed by atoms with van der Waals surface area (Å²) in [6.45, 7) is 0.123. The average molecular weight is 358 g/mol. The molecule has 1 N–H and O–H groups in total. The van der Waals surface area contributed by atoms with Gasteiger partial charge >= 0.3 is 0 Å². The Morgan fingerprint density at radius 3 is 2.80 bits per heavy atom. The molecule has 0 radical (unpaired) electrons. The normalized spacial score (nSPS) is 12.2. The van der Waals surface area contributed by atoms with E-state index in [0.29, 0.717) is 28.0 Å². The number of tetrazole rings is 1. The van der Waals surface area contributed by atoms with Crippen molar-refractivity contribution in [3.05, 3.63) is 47.5 Å². The fourth-order valence-electron chi connectivity index (χ4n) is 2.33. The Labute approximate surface area is 147 Å². The van der Waals surface area contributed by atoms with Gasteiger partial charge in [-0.05, 0) is 41.6 Å². The van der Waals surface area contributed by atoms with Crippen molar-refractivity contribution in [3.8, 4) is 22.9 Å². The van der Waals surface area contributed by atoms with E-state index in [0.717, 1.165) is 5.56 Å². The number of nitrogens with one attached hydrogen (secondary N) is 1. The van der Waals surface area contributed by atoms with Gasteiger partial charge in [-0.25, -0.2) is 0 Å². The monoisotopic (exact) mass is 357 g/mol. The highest BCUT2D eigenvalue weighted by molar-refractivity contribution is 6.30. The van der Waals surface area contributed by atoms with E-state index in [1.54, 1.807) is 42.5 Å². The lowest BCUT2D eigenvalue weighted by Gasteiger charge is -2.05. The Kier molecular flexibility index (Phi) is 3.95. The first-order valence-corrected chi connectivity index (χ1v) is 7.78. The number of hydrogen-bond donors (Lipinski definition) is 1. The van der Waals surface area contributed by atoms with Crippen LogP contribution in [0.1, 0.15) is 0 Å². The van der Waals surface area contributed by atoms with Crippen molar-refractivity contribution in [2.24, 2.45) is 0 Å². The number of nitrogens with zero attached hydrogens (tertiary/aromatic N) is 4. The number of carbonyl (C=O) groups excluding carboxylic acids is 1. The molecule has 1 aliphatic rings. The Bertz CT molecular complexity index is 926. The molecule has 4 rings (SSSR count). The summed E-state index contributed by atoms with van der Waals surface area (Å²) in [6, 6.07) is 12.2. The summed E-state index contributed by atoms with van der Waals surface area (Å²) in [5, 5.41) is 15.4. The van der Waals surface area contributed by atoms with Crippen LogP contribution in [-0.4, -0.2) is 32.9 Å². The third kappa shape index (κ3) is 3.38. The molecule has 0 bridgehead atoms. The van der Waals surface area contributed by atoms with Gasteiger partial charge in [-0.3, -0.25) is 4.79 Å². The standard InChI is InChI=1S/C16H12ClN5O3/c17-11-3-1-10(2-4-11)16-19-21-22(20-16)8-15(23)18-12-5-6-13-14(7-12)25-9-24-13/h1-7H,8-9H2,(H,18,23). The zero-order valence-corrected chi connectivity index (χ0v) is 13.6. The number of aromatic nitrogens is 4. The molecule has 0 aliphatic carbocycles. The zero-order valence-electron chi connectivity index (χ0n) is 12.8. The second-order valence-electron chi connectivity index (χ2n) is 5.27. The Hall–Kier alpha value is -3.13. The van der Waals surface area contributed by atoms with E-state index < -0.39 is 0 Å². The van der Waals surface area contributed by atoms with Crippen LogP contribution < -0.4 is 14.8 Å². The van der Waals surface area contributed by atoms with Gasteiger partial charge in [0, 0.05) is 22.3 Å². The Balaban J connectivity index is 1.42. The van der Waals surface area contributed by atoms with Crippen LogP contribution >= 0.6 is 11.6 Å². The van der Waals surface area contributed by atoms with Gasteiger partial charge in [0.05, 0.1) is 0 Å². The summed E-state index contributed by atoms with van der Waals surface area (Å²) >= 11 is 5.85. The number of amides is 1. The fourth-order valence-corrected chi connectivity index (χ4v) is 2.45. The molecule has 126 valence electrons. The Morgan fingerprint density at radius 1 is 1.16 bits per heavy atom. The SMILES string of the molecule is O=C(Cn1nnc(-c2ccc(Cl)cc2)n1)Nc1ccc2c(c1)OCO2. The molecule has 2 heterocycles. The smallest absolute Gasteiger partial charge is 0.248 e. The number of carbonyl (C=O) groups is 1. The van der Waals surface area contributed by atoms with Gasteiger partial charge in [-0.1, -0.05) is 11.6 Å². The maximum absolute atomic E-state index is 12.1. The van der Waals surface area contributed by atoms with Crippen LogP contribution in [0.3, 0.4) is 0 Å². The fraction of sp³-hybridized carbons (Fsp3) is 0.125. The summed E-state index contributed by atoms with van der Waals surface area (Å²) in [4.78, 5) is 13.4. The molecule has 8 nitrogen and oxygen atoms in total. The summed E-state index contributed by atoms with van der Waals surface area (Å²) in [6.07, 6.45) is 0. The van der Waals surface area contributed by atoms with E-state index in [9.17, 15) is 4.79 Å². The molecule has 0 unspecified atom stereocenters. The van der Waals surface area contributed by atoms with Crippen molar-refractivity contribution in [2.75, 3.05) is 12.1 Å². The average Bonchev–Trinajstić information content (AvgIpc) is 3.24. The third-order valence-corrected chi connectivity index (χ3v) is 3.75. The van der Waals surface area contributed by atoms with E-state index in [1.807, 2.05) is 0 Å². The summed E-state index contributed by atoms with van der Waals surface area (Å²) in [7, 11) is 0. The first-order chi connectivity index (χ1) is 12.2. The third-order valence-electron chi connectivity index (χ3n) is 3.50. The number of hydrogen-bond acceptors (Lipinski definition) is 6. The molecular formula is C16H12ClN5O3. The molecule has 25 heavy (non-hydrogen) atoms.